The second-order valence-electron chi connectivity index (χ2n) is 2.07. The van der Waals surface area contributed by atoms with Crippen LogP contribution in [0.5, 0.6) is 0 Å². The molecule has 0 aromatic carbocycles. The maximum Gasteiger partial charge on any atom is 0.273 e. The minimum Gasteiger partial charge on any atom is -0.350 e. The molecule has 2 N–H and O–H groups in total. The largest absolute Gasteiger partial charge is 0.350 e. The number of nitrogens with one attached hydrogen (secondary N) is 2. The molecule has 0 radical (unpaired) electrons. The van der Waals surface area contributed by atoms with Gasteiger partial charge in [0, 0.05) is 13.0 Å². The first-order valence-corrected chi connectivity index (χ1v) is 3.42. The van der Waals surface area contributed by atoms with Crippen molar-refractivity contribution in [2.75, 3.05) is 6.54 Å². The zero-order chi connectivity index (χ0) is 8.81. The number of aromatic amines is 1. The fourth-order valence-corrected chi connectivity index (χ4v) is 0.650. The van der Waals surface area contributed by atoms with Gasteiger partial charge in [0.05, 0.1) is 6.20 Å². The molecule has 0 spiro atoms. The highest BCUT2D eigenvalue weighted by atomic mass is 16.1. The van der Waals surface area contributed by atoms with Gasteiger partial charge in [0.15, 0.2) is 5.69 Å². The number of rotatable bonds is 3. The maximum atomic E-state index is 11.1. The molecule has 0 aliphatic carbocycles. The van der Waals surface area contributed by atoms with Crippen molar-refractivity contribution in [3.8, 4) is 12.3 Å². The highest BCUT2D eigenvalue weighted by Crippen LogP contribution is 1.87. The van der Waals surface area contributed by atoms with Gasteiger partial charge in [-0.3, -0.25) is 4.79 Å². The SMILES string of the molecule is C#CCCNC(=O)c1cn[nH]n1. The predicted molar refractivity (Wildman–Crippen MR) is 42.2 cm³/mol. The van der Waals surface area contributed by atoms with Crippen LogP contribution < -0.4 is 5.32 Å². The van der Waals surface area contributed by atoms with Gasteiger partial charge in [0.2, 0.25) is 0 Å². The number of hydrogen-bond acceptors (Lipinski definition) is 3. The third-order valence-corrected chi connectivity index (χ3v) is 1.20. The summed E-state index contributed by atoms with van der Waals surface area (Å²) in [6, 6.07) is 0. The van der Waals surface area contributed by atoms with Gasteiger partial charge in [0.1, 0.15) is 0 Å². The summed E-state index contributed by atoms with van der Waals surface area (Å²) >= 11 is 0. The predicted octanol–water partition coefficient (Wildman–Crippen LogP) is -0.442. The Hall–Kier alpha value is -1.83. The van der Waals surface area contributed by atoms with Gasteiger partial charge >= 0.3 is 0 Å². The average molecular weight is 164 g/mol. The van der Waals surface area contributed by atoms with Crippen LogP contribution in [-0.4, -0.2) is 27.9 Å². The van der Waals surface area contributed by atoms with E-state index in [-0.39, 0.29) is 11.6 Å². The summed E-state index contributed by atoms with van der Waals surface area (Å²) in [7, 11) is 0. The molecule has 0 saturated heterocycles. The number of aromatic nitrogens is 3. The Bertz CT molecular complexity index is 285. The van der Waals surface area contributed by atoms with Crippen molar-refractivity contribution in [1.82, 2.24) is 20.7 Å². The van der Waals surface area contributed by atoms with Crippen molar-refractivity contribution < 1.29 is 4.79 Å². The van der Waals surface area contributed by atoms with E-state index in [4.69, 9.17) is 6.42 Å². The number of carbonyl (C=O) groups excluding carboxylic acids is 1. The van der Waals surface area contributed by atoms with Gasteiger partial charge in [-0.15, -0.1) is 12.3 Å². The van der Waals surface area contributed by atoms with Crippen molar-refractivity contribution in [1.29, 1.82) is 0 Å². The smallest absolute Gasteiger partial charge is 0.273 e. The van der Waals surface area contributed by atoms with Crippen LogP contribution in [0.2, 0.25) is 0 Å². The van der Waals surface area contributed by atoms with Crippen LogP contribution in [0.3, 0.4) is 0 Å². The Morgan fingerprint density at radius 3 is 3.25 bits per heavy atom. The minimum absolute atomic E-state index is 0.265. The fraction of sp³-hybridized carbons (Fsp3) is 0.286. The van der Waals surface area contributed by atoms with Crippen molar-refractivity contribution in [3.05, 3.63) is 11.9 Å². The van der Waals surface area contributed by atoms with E-state index in [1.807, 2.05) is 0 Å². The molecule has 0 aliphatic rings. The van der Waals surface area contributed by atoms with Gasteiger partial charge in [-0.2, -0.15) is 15.4 Å². The minimum atomic E-state index is -0.265. The molecule has 5 nitrogen and oxygen atoms in total. The summed E-state index contributed by atoms with van der Waals surface area (Å²) in [5, 5.41) is 12.0. The van der Waals surface area contributed by atoms with Gasteiger partial charge in [-0.05, 0) is 0 Å². The highest BCUT2D eigenvalue weighted by Gasteiger charge is 2.05. The number of H-pyrrole nitrogens is 1. The first kappa shape index (κ1) is 8.27. The lowest BCUT2D eigenvalue weighted by atomic mass is 10.4. The van der Waals surface area contributed by atoms with E-state index in [0.717, 1.165) is 0 Å². The lowest BCUT2D eigenvalue weighted by Gasteiger charge is -1.97. The average Bonchev–Trinajstić information content (AvgIpc) is 2.56. The maximum absolute atomic E-state index is 11.1. The van der Waals surface area contributed by atoms with Crippen molar-refractivity contribution in [2.45, 2.75) is 6.42 Å². The summed E-state index contributed by atoms with van der Waals surface area (Å²) in [6.07, 6.45) is 6.87. The summed E-state index contributed by atoms with van der Waals surface area (Å²) in [4.78, 5) is 11.1. The van der Waals surface area contributed by atoms with Gasteiger partial charge in [0.25, 0.3) is 5.91 Å². The van der Waals surface area contributed by atoms with Crippen LogP contribution in [0.15, 0.2) is 6.20 Å². The quantitative estimate of drug-likeness (QED) is 0.470. The van der Waals surface area contributed by atoms with E-state index in [1.165, 1.54) is 6.20 Å². The molecular formula is C7H8N4O. The van der Waals surface area contributed by atoms with Crippen LogP contribution >= 0.6 is 0 Å². The van der Waals surface area contributed by atoms with Crippen LogP contribution in [-0.2, 0) is 0 Å². The molecule has 0 aliphatic heterocycles. The van der Waals surface area contributed by atoms with E-state index in [9.17, 15) is 4.79 Å². The Labute approximate surface area is 69.6 Å². The monoisotopic (exact) mass is 164 g/mol. The number of nitrogens with zero attached hydrogens (tertiary/aromatic N) is 2. The zero-order valence-electron chi connectivity index (χ0n) is 6.37. The molecule has 5 heteroatoms. The molecule has 0 bridgehead atoms. The number of hydrogen-bond donors (Lipinski definition) is 2. The summed E-state index contributed by atoms with van der Waals surface area (Å²) in [6.45, 7) is 0.461. The van der Waals surface area contributed by atoms with Crippen molar-refractivity contribution in [2.24, 2.45) is 0 Å². The van der Waals surface area contributed by atoms with Crippen LogP contribution in [0.1, 0.15) is 16.9 Å². The first-order valence-electron chi connectivity index (χ1n) is 3.42. The number of terminal acetylenes is 1. The van der Waals surface area contributed by atoms with E-state index in [0.29, 0.717) is 13.0 Å². The normalized spacial score (nSPS) is 8.92. The van der Waals surface area contributed by atoms with Gasteiger partial charge in [-0.25, -0.2) is 0 Å². The zero-order valence-corrected chi connectivity index (χ0v) is 6.37. The second-order valence-corrected chi connectivity index (χ2v) is 2.07. The molecule has 1 aromatic heterocycles. The third kappa shape index (κ3) is 2.09. The molecule has 0 saturated carbocycles. The van der Waals surface area contributed by atoms with Crippen LogP contribution in [0.25, 0.3) is 0 Å². The Balaban J connectivity index is 2.36. The van der Waals surface area contributed by atoms with E-state index >= 15 is 0 Å². The van der Waals surface area contributed by atoms with Gasteiger partial charge in [-0.1, -0.05) is 0 Å². The third-order valence-electron chi connectivity index (χ3n) is 1.20. The molecule has 0 unspecified atom stereocenters. The number of carbonyl (C=O) groups is 1. The summed E-state index contributed by atoms with van der Waals surface area (Å²) in [5.41, 5.74) is 0.270. The Morgan fingerprint density at radius 2 is 2.67 bits per heavy atom. The highest BCUT2D eigenvalue weighted by molar-refractivity contribution is 5.91. The number of amides is 1. The molecule has 0 atom stereocenters. The van der Waals surface area contributed by atoms with E-state index in [1.54, 1.807) is 0 Å². The van der Waals surface area contributed by atoms with E-state index < -0.39 is 0 Å². The lowest BCUT2D eigenvalue weighted by Crippen LogP contribution is -2.24. The van der Waals surface area contributed by atoms with Crippen LogP contribution in [0, 0.1) is 12.3 Å². The summed E-state index contributed by atoms with van der Waals surface area (Å²) in [5.74, 6) is 2.14. The molecule has 1 heterocycles. The molecule has 1 amide bonds. The van der Waals surface area contributed by atoms with Crippen LogP contribution in [0.4, 0.5) is 0 Å². The molecular weight excluding hydrogens is 156 g/mol. The molecule has 0 fully saturated rings. The lowest BCUT2D eigenvalue weighted by molar-refractivity contribution is 0.0949. The molecule has 12 heavy (non-hydrogen) atoms. The fourth-order valence-electron chi connectivity index (χ4n) is 0.650. The van der Waals surface area contributed by atoms with E-state index in [2.05, 4.69) is 26.6 Å². The molecule has 1 rings (SSSR count). The Morgan fingerprint density at radius 1 is 1.83 bits per heavy atom. The standard InChI is InChI=1S/C7H8N4O/c1-2-3-4-8-7(12)6-5-9-11-10-6/h1,5H,3-4H2,(H,8,12)(H,9,10,11). The van der Waals surface area contributed by atoms with Crippen molar-refractivity contribution >= 4 is 5.91 Å². The topological polar surface area (TPSA) is 70.7 Å². The first-order chi connectivity index (χ1) is 5.84. The molecule has 62 valence electrons. The van der Waals surface area contributed by atoms with Gasteiger partial charge < -0.3 is 5.32 Å². The molecule has 1 aromatic rings. The Kier molecular flexibility index (Phi) is 2.85. The summed E-state index contributed by atoms with van der Waals surface area (Å²) < 4.78 is 0. The second kappa shape index (κ2) is 4.13. The van der Waals surface area contributed by atoms with Crippen molar-refractivity contribution in [3.63, 3.8) is 0 Å².